The fraction of sp³-hybridized carbons (Fsp3) is 0.222. The van der Waals surface area contributed by atoms with E-state index in [1.807, 2.05) is 67.6 Å². The molecule has 7 heteroatoms. The molecule has 0 aliphatic heterocycles. The van der Waals surface area contributed by atoms with E-state index in [-0.39, 0.29) is 11.8 Å². The van der Waals surface area contributed by atoms with Crippen molar-refractivity contribution in [2.24, 2.45) is 0 Å². The predicted molar refractivity (Wildman–Crippen MR) is 136 cm³/mol. The first kappa shape index (κ1) is 23.6. The van der Waals surface area contributed by atoms with Crippen molar-refractivity contribution in [3.63, 3.8) is 0 Å². The third-order valence-corrected chi connectivity index (χ3v) is 7.09. The van der Waals surface area contributed by atoms with E-state index in [1.165, 1.54) is 0 Å². The van der Waals surface area contributed by atoms with Crippen LogP contribution in [-0.2, 0) is 16.6 Å². The van der Waals surface area contributed by atoms with Gasteiger partial charge in [-0.15, -0.1) is 0 Å². The molecule has 0 bridgehead atoms. The van der Waals surface area contributed by atoms with E-state index in [4.69, 9.17) is 4.74 Å². The lowest BCUT2D eigenvalue weighted by molar-refractivity contribution is 0.306. The van der Waals surface area contributed by atoms with Crippen molar-refractivity contribution in [3.05, 3.63) is 95.1 Å². The number of ether oxygens (including phenoxy) is 1. The number of likely N-dealkylation sites (N-methyl/N-ethyl adjacent to an activating group) is 1. The van der Waals surface area contributed by atoms with E-state index in [1.54, 1.807) is 19.1 Å². The Kier molecular flexibility index (Phi) is 7.01. The Labute approximate surface area is 201 Å². The maximum absolute atomic E-state index is 11.9. The number of sulfonamides is 1. The second-order valence-electron chi connectivity index (χ2n) is 8.00. The highest BCUT2D eigenvalue weighted by molar-refractivity contribution is 7.92. The lowest BCUT2D eigenvalue weighted by Crippen LogP contribution is -2.20. The molecule has 6 nitrogen and oxygen atoms in total. The first-order chi connectivity index (χ1) is 16.5. The second-order valence-corrected chi connectivity index (χ2v) is 10.0. The summed E-state index contributed by atoms with van der Waals surface area (Å²) in [5.41, 5.74) is 5.78. The minimum Gasteiger partial charge on any atom is -0.489 e. The SMILES string of the molecule is CCNC1C(c2ccc(NS(=O)(=O)CC)cc2)=C(C#N)c2cc(OCc3ccccc3)ccc21. The molecule has 3 aromatic carbocycles. The zero-order valence-electron chi connectivity index (χ0n) is 19.2. The lowest BCUT2D eigenvalue weighted by atomic mass is 9.96. The van der Waals surface area contributed by atoms with Crippen molar-refractivity contribution in [3.8, 4) is 11.8 Å². The topological polar surface area (TPSA) is 91.2 Å². The highest BCUT2D eigenvalue weighted by atomic mass is 32.2. The maximum Gasteiger partial charge on any atom is 0.232 e. The zero-order chi connectivity index (χ0) is 24.1. The molecule has 4 rings (SSSR count). The molecule has 0 fully saturated rings. The summed E-state index contributed by atoms with van der Waals surface area (Å²) in [5.74, 6) is 0.710. The van der Waals surface area contributed by atoms with Crippen LogP contribution in [-0.4, -0.2) is 20.7 Å². The van der Waals surface area contributed by atoms with Gasteiger partial charge in [0.25, 0.3) is 0 Å². The van der Waals surface area contributed by atoms with Crippen molar-refractivity contribution in [1.29, 1.82) is 5.26 Å². The Balaban J connectivity index is 1.67. The summed E-state index contributed by atoms with van der Waals surface area (Å²) in [4.78, 5) is 0. The minimum absolute atomic E-state index is 0.00493. The standard InChI is InChI=1S/C27H27N3O3S/c1-3-29-27-23-15-14-22(33-18-19-8-6-5-7-9-19)16-24(23)25(17-28)26(27)20-10-12-21(13-11-20)30-34(31,32)4-2/h5-16,27,29-30H,3-4,18H2,1-2H3. The number of nitrogens with zero attached hydrogens (tertiary/aromatic N) is 1. The summed E-state index contributed by atoms with van der Waals surface area (Å²) >= 11 is 0. The smallest absolute Gasteiger partial charge is 0.232 e. The molecule has 2 N–H and O–H groups in total. The Bertz CT molecular complexity index is 1340. The van der Waals surface area contributed by atoms with Crippen LogP contribution in [0, 0.1) is 11.3 Å². The summed E-state index contributed by atoms with van der Waals surface area (Å²) < 4.78 is 32.3. The van der Waals surface area contributed by atoms with Crippen LogP contribution in [0.15, 0.2) is 72.8 Å². The van der Waals surface area contributed by atoms with Gasteiger partial charge in [0.15, 0.2) is 0 Å². The van der Waals surface area contributed by atoms with Gasteiger partial charge in [0.2, 0.25) is 10.0 Å². The summed E-state index contributed by atoms with van der Waals surface area (Å²) in [7, 11) is -3.35. The van der Waals surface area contributed by atoms with Gasteiger partial charge >= 0.3 is 0 Å². The van der Waals surface area contributed by atoms with Gasteiger partial charge in [-0.25, -0.2) is 8.42 Å². The van der Waals surface area contributed by atoms with Crippen LogP contribution in [0.4, 0.5) is 5.69 Å². The van der Waals surface area contributed by atoms with Crippen LogP contribution in [0.1, 0.15) is 42.1 Å². The van der Waals surface area contributed by atoms with Gasteiger partial charge in [0.1, 0.15) is 18.4 Å². The van der Waals surface area contributed by atoms with Crippen molar-refractivity contribution in [1.82, 2.24) is 5.32 Å². The van der Waals surface area contributed by atoms with Gasteiger partial charge < -0.3 is 10.1 Å². The average molecular weight is 474 g/mol. The first-order valence-corrected chi connectivity index (χ1v) is 12.9. The number of rotatable bonds is 9. The molecule has 0 aromatic heterocycles. The van der Waals surface area contributed by atoms with Gasteiger partial charge in [-0.1, -0.05) is 55.5 Å². The molecule has 174 valence electrons. The van der Waals surface area contributed by atoms with Crippen LogP contribution < -0.4 is 14.8 Å². The number of anilines is 1. The third kappa shape index (κ3) is 4.98. The molecule has 0 radical (unpaired) electrons. The molecule has 1 aliphatic carbocycles. The van der Waals surface area contributed by atoms with E-state index in [9.17, 15) is 13.7 Å². The molecule has 0 amide bonds. The monoisotopic (exact) mass is 473 g/mol. The number of nitrogens with one attached hydrogen (secondary N) is 2. The first-order valence-electron chi connectivity index (χ1n) is 11.2. The highest BCUT2D eigenvalue weighted by Gasteiger charge is 2.32. The molecule has 0 heterocycles. The van der Waals surface area contributed by atoms with Crippen LogP contribution >= 0.6 is 0 Å². The number of benzene rings is 3. The van der Waals surface area contributed by atoms with Crippen molar-refractivity contribution in [2.45, 2.75) is 26.5 Å². The number of hydrogen-bond donors (Lipinski definition) is 2. The molecule has 1 aliphatic rings. The van der Waals surface area contributed by atoms with Gasteiger partial charge in [-0.2, -0.15) is 5.26 Å². The molecule has 1 unspecified atom stereocenters. The minimum atomic E-state index is -3.35. The summed E-state index contributed by atoms with van der Waals surface area (Å²) in [6, 6.07) is 25.2. The van der Waals surface area contributed by atoms with Gasteiger partial charge in [-0.3, -0.25) is 4.72 Å². The fourth-order valence-corrected chi connectivity index (χ4v) is 4.74. The van der Waals surface area contributed by atoms with Crippen LogP contribution in [0.3, 0.4) is 0 Å². The largest absolute Gasteiger partial charge is 0.489 e. The second kappa shape index (κ2) is 10.1. The molecule has 0 spiro atoms. The Morgan fingerprint density at radius 1 is 1.00 bits per heavy atom. The lowest BCUT2D eigenvalue weighted by Gasteiger charge is -2.18. The van der Waals surface area contributed by atoms with E-state index in [0.717, 1.165) is 34.4 Å². The summed E-state index contributed by atoms with van der Waals surface area (Å²) in [6.45, 7) is 4.80. The Hall–Kier alpha value is -3.60. The summed E-state index contributed by atoms with van der Waals surface area (Å²) in [5, 5.41) is 13.6. The third-order valence-electron chi connectivity index (χ3n) is 5.78. The van der Waals surface area contributed by atoms with E-state index < -0.39 is 10.0 Å². The van der Waals surface area contributed by atoms with Gasteiger partial charge in [-0.05, 0) is 60.0 Å². The van der Waals surface area contributed by atoms with Gasteiger partial charge in [0, 0.05) is 11.3 Å². The highest BCUT2D eigenvalue weighted by Crippen LogP contribution is 2.46. The zero-order valence-corrected chi connectivity index (χ0v) is 20.0. The van der Waals surface area contributed by atoms with Crippen molar-refractivity contribution < 1.29 is 13.2 Å². The number of allylic oxidation sites excluding steroid dienone is 1. The van der Waals surface area contributed by atoms with Crippen LogP contribution in [0.5, 0.6) is 5.75 Å². The number of hydrogen-bond acceptors (Lipinski definition) is 5. The molecule has 3 aromatic rings. The Morgan fingerprint density at radius 3 is 2.38 bits per heavy atom. The number of fused-ring (bicyclic) bond motifs is 1. The molecule has 34 heavy (non-hydrogen) atoms. The summed E-state index contributed by atoms with van der Waals surface area (Å²) in [6.07, 6.45) is 0. The van der Waals surface area contributed by atoms with Crippen LogP contribution in [0.2, 0.25) is 0 Å². The van der Waals surface area contributed by atoms with E-state index >= 15 is 0 Å². The molecule has 0 saturated carbocycles. The predicted octanol–water partition coefficient (Wildman–Crippen LogP) is 5.13. The van der Waals surface area contributed by atoms with Crippen molar-refractivity contribution >= 4 is 26.9 Å². The molecule has 0 saturated heterocycles. The average Bonchev–Trinajstić information content (AvgIpc) is 3.16. The Morgan fingerprint density at radius 2 is 1.74 bits per heavy atom. The maximum atomic E-state index is 11.9. The van der Waals surface area contributed by atoms with Crippen LogP contribution in [0.25, 0.3) is 11.1 Å². The van der Waals surface area contributed by atoms with Crippen molar-refractivity contribution in [2.75, 3.05) is 17.0 Å². The van der Waals surface area contributed by atoms with Gasteiger partial charge in [0.05, 0.1) is 17.4 Å². The quantitative estimate of drug-likeness (QED) is 0.450. The van der Waals surface area contributed by atoms with E-state index in [2.05, 4.69) is 16.1 Å². The fourth-order valence-electron chi connectivity index (χ4n) is 4.10. The molecular formula is C27H27N3O3S. The normalized spacial score (nSPS) is 15.0. The molecule has 1 atom stereocenters. The number of nitriles is 1. The van der Waals surface area contributed by atoms with E-state index in [0.29, 0.717) is 23.6 Å². The molecular weight excluding hydrogens is 446 g/mol.